The third kappa shape index (κ3) is 4.33. The van der Waals surface area contributed by atoms with Crippen molar-refractivity contribution in [2.75, 3.05) is 32.7 Å². The van der Waals surface area contributed by atoms with E-state index in [2.05, 4.69) is 22.4 Å². The summed E-state index contributed by atoms with van der Waals surface area (Å²) in [7, 11) is 0. The van der Waals surface area contributed by atoms with Crippen LogP contribution in [0, 0.1) is 11.6 Å². The first kappa shape index (κ1) is 19.6. The number of rotatable bonds is 6. The summed E-state index contributed by atoms with van der Waals surface area (Å²) in [5.74, 6) is 0.108. The van der Waals surface area contributed by atoms with Gasteiger partial charge >= 0.3 is 0 Å². The molecule has 1 aliphatic rings. The number of halogens is 2. The summed E-state index contributed by atoms with van der Waals surface area (Å²) in [5.41, 5.74) is 1.50. The minimum Gasteiger partial charge on any atom is -0.326 e. The Balaban J connectivity index is 1.68. The van der Waals surface area contributed by atoms with E-state index >= 15 is 0 Å². The number of tetrazole rings is 1. The molecule has 0 bridgehead atoms. The van der Waals surface area contributed by atoms with Gasteiger partial charge in [0.05, 0.1) is 18.7 Å². The van der Waals surface area contributed by atoms with Crippen molar-refractivity contribution in [3.8, 4) is 0 Å². The first-order valence-corrected chi connectivity index (χ1v) is 10.1. The van der Waals surface area contributed by atoms with Gasteiger partial charge in [0.2, 0.25) is 5.82 Å². The second-order valence-corrected chi connectivity index (χ2v) is 7.54. The molecule has 2 aromatic carbocycles. The second kappa shape index (κ2) is 8.75. The van der Waals surface area contributed by atoms with E-state index in [9.17, 15) is 8.78 Å². The quantitative estimate of drug-likeness (QED) is 0.607. The Morgan fingerprint density at radius 3 is 2.41 bits per heavy atom. The van der Waals surface area contributed by atoms with E-state index in [1.807, 2.05) is 12.1 Å². The Labute approximate surface area is 168 Å². The van der Waals surface area contributed by atoms with Crippen molar-refractivity contribution in [2.45, 2.75) is 19.5 Å². The summed E-state index contributed by atoms with van der Waals surface area (Å²) in [5, 5.41) is 12.3. The van der Waals surface area contributed by atoms with Gasteiger partial charge in [-0.2, -0.15) is 0 Å². The normalized spacial score (nSPS) is 20.5. The topological polar surface area (TPSA) is 52.5 Å². The van der Waals surface area contributed by atoms with Crippen LogP contribution in [0.4, 0.5) is 8.78 Å². The molecule has 0 spiro atoms. The highest BCUT2D eigenvalue weighted by atomic mass is 19.1. The van der Waals surface area contributed by atoms with Crippen LogP contribution in [-0.2, 0) is 6.54 Å². The van der Waals surface area contributed by atoms with Gasteiger partial charge in [-0.25, -0.2) is 13.5 Å². The Bertz CT molecular complexity index is 934. The highest BCUT2D eigenvalue weighted by Gasteiger charge is 2.36. The van der Waals surface area contributed by atoms with Crippen LogP contribution in [0.25, 0.3) is 0 Å². The van der Waals surface area contributed by atoms with Crippen molar-refractivity contribution in [3.05, 3.63) is 77.1 Å². The van der Waals surface area contributed by atoms with E-state index in [0.29, 0.717) is 17.9 Å². The van der Waals surface area contributed by atoms with Crippen LogP contribution in [-0.4, -0.2) is 52.9 Å². The van der Waals surface area contributed by atoms with Gasteiger partial charge < -0.3 is 9.80 Å². The number of quaternary nitrogens is 2. The number of aromatic nitrogens is 4. The lowest BCUT2D eigenvalue weighted by atomic mass is 10.0. The van der Waals surface area contributed by atoms with Gasteiger partial charge in [0, 0.05) is 0 Å². The molecule has 1 atom stereocenters. The smallest absolute Gasteiger partial charge is 0.214 e. The Morgan fingerprint density at radius 1 is 1.00 bits per heavy atom. The maximum atomic E-state index is 14.8. The van der Waals surface area contributed by atoms with E-state index in [0.717, 1.165) is 38.3 Å². The zero-order chi connectivity index (χ0) is 20.2. The summed E-state index contributed by atoms with van der Waals surface area (Å²) in [6, 6.07) is 12.9. The third-order valence-electron chi connectivity index (χ3n) is 5.79. The fraction of sp³-hybridized carbons (Fsp3) is 0.381. The lowest BCUT2D eigenvalue weighted by Gasteiger charge is -2.33. The van der Waals surface area contributed by atoms with Crippen LogP contribution in [0.3, 0.4) is 0 Å². The molecule has 2 heterocycles. The van der Waals surface area contributed by atoms with Gasteiger partial charge in [0.25, 0.3) is 0 Å². The Hall–Kier alpha value is -2.71. The molecule has 8 heteroatoms. The van der Waals surface area contributed by atoms with Crippen LogP contribution in [0.2, 0.25) is 0 Å². The summed E-state index contributed by atoms with van der Waals surface area (Å²) >= 11 is 0. The van der Waals surface area contributed by atoms with Crippen LogP contribution < -0.4 is 9.80 Å². The molecule has 0 unspecified atom stereocenters. The fourth-order valence-corrected chi connectivity index (χ4v) is 4.11. The number of nitrogens with zero attached hydrogens (tertiary/aromatic N) is 4. The van der Waals surface area contributed by atoms with Crippen molar-refractivity contribution >= 4 is 0 Å². The molecule has 1 aromatic heterocycles. The first-order valence-electron chi connectivity index (χ1n) is 10.1. The molecule has 0 radical (unpaired) electrons. The monoisotopic (exact) mass is 400 g/mol. The third-order valence-corrected chi connectivity index (χ3v) is 5.79. The number of piperazine rings is 1. The molecule has 152 valence electrons. The van der Waals surface area contributed by atoms with E-state index in [1.165, 1.54) is 23.1 Å². The molecule has 1 saturated heterocycles. The zero-order valence-corrected chi connectivity index (χ0v) is 16.5. The van der Waals surface area contributed by atoms with E-state index in [4.69, 9.17) is 0 Å². The average molecular weight is 400 g/mol. The molecule has 1 fully saturated rings. The molecule has 29 heavy (non-hydrogen) atoms. The number of hydrogen-bond acceptors (Lipinski definition) is 3. The standard InChI is InChI=1S/C21H24F2N6/c1-2-27-11-13-28(14-12-27)20(18-5-3-4-6-19(18)23)21-24-25-26-29(21)15-16-7-9-17(22)10-8-16/h3-10,20H,2,11-15H2,1H3/p+2/t20-/m1/s1. The summed E-state index contributed by atoms with van der Waals surface area (Å²) in [6.45, 7) is 7.62. The molecular formula is C21H26F2N6+2. The molecule has 3 aromatic rings. The average Bonchev–Trinajstić information content (AvgIpc) is 3.19. The van der Waals surface area contributed by atoms with E-state index < -0.39 is 0 Å². The summed E-state index contributed by atoms with van der Waals surface area (Å²) < 4.78 is 29.7. The van der Waals surface area contributed by atoms with Crippen LogP contribution >= 0.6 is 0 Å². The second-order valence-electron chi connectivity index (χ2n) is 7.54. The lowest BCUT2D eigenvalue weighted by molar-refractivity contribution is -1.02. The highest BCUT2D eigenvalue weighted by molar-refractivity contribution is 5.25. The molecule has 6 nitrogen and oxygen atoms in total. The van der Waals surface area contributed by atoms with Gasteiger partial charge in [0.15, 0.2) is 6.04 Å². The zero-order valence-electron chi connectivity index (χ0n) is 16.5. The lowest BCUT2D eigenvalue weighted by Crippen LogP contribution is -3.28. The van der Waals surface area contributed by atoms with Gasteiger partial charge in [-0.3, -0.25) is 0 Å². The SMILES string of the molecule is CC[NH+]1CC[NH+]([C@H](c2ccccc2F)c2nnnn2Cc2ccc(F)cc2)CC1. The van der Waals surface area contributed by atoms with Crippen molar-refractivity contribution in [1.82, 2.24) is 20.2 Å². The fourth-order valence-electron chi connectivity index (χ4n) is 4.11. The van der Waals surface area contributed by atoms with E-state index in [1.54, 1.807) is 27.8 Å². The van der Waals surface area contributed by atoms with E-state index in [-0.39, 0.29) is 17.7 Å². The molecule has 2 N–H and O–H groups in total. The number of hydrogen-bond donors (Lipinski definition) is 2. The Kier molecular flexibility index (Phi) is 5.92. The first-order chi connectivity index (χ1) is 14.2. The number of nitrogens with one attached hydrogen (secondary N) is 2. The molecule has 1 aliphatic heterocycles. The van der Waals surface area contributed by atoms with Gasteiger partial charge in [-0.05, 0) is 47.2 Å². The van der Waals surface area contributed by atoms with Gasteiger partial charge in [-0.1, -0.05) is 24.3 Å². The predicted molar refractivity (Wildman–Crippen MR) is 103 cm³/mol. The summed E-state index contributed by atoms with van der Waals surface area (Å²) in [4.78, 5) is 2.83. The summed E-state index contributed by atoms with van der Waals surface area (Å²) in [6.07, 6.45) is 0. The molecule has 0 saturated carbocycles. The minimum absolute atomic E-state index is 0.244. The van der Waals surface area contributed by atoms with Crippen LogP contribution in [0.5, 0.6) is 0 Å². The predicted octanol–water partition coefficient (Wildman–Crippen LogP) is -0.108. The highest BCUT2D eigenvalue weighted by Crippen LogP contribution is 2.21. The minimum atomic E-state index is -0.287. The van der Waals surface area contributed by atoms with Gasteiger partial charge in [-0.15, -0.1) is 5.10 Å². The molecule has 0 amide bonds. The van der Waals surface area contributed by atoms with Crippen molar-refractivity contribution < 1.29 is 18.6 Å². The van der Waals surface area contributed by atoms with Crippen LogP contribution in [0.15, 0.2) is 48.5 Å². The van der Waals surface area contributed by atoms with Crippen molar-refractivity contribution in [3.63, 3.8) is 0 Å². The van der Waals surface area contributed by atoms with Gasteiger partial charge in [0.1, 0.15) is 37.8 Å². The molecule has 4 rings (SSSR count). The molecular weight excluding hydrogens is 374 g/mol. The largest absolute Gasteiger partial charge is 0.326 e. The number of benzene rings is 2. The van der Waals surface area contributed by atoms with Crippen molar-refractivity contribution in [1.29, 1.82) is 0 Å². The Morgan fingerprint density at radius 2 is 1.72 bits per heavy atom. The molecule has 0 aliphatic carbocycles. The van der Waals surface area contributed by atoms with Crippen LogP contribution in [0.1, 0.15) is 29.9 Å². The maximum absolute atomic E-state index is 14.8. The van der Waals surface area contributed by atoms with Crippen molar-refractivity contribution in [2.24, 2.45) is 0 Å². The number of likely N-dealkylation sites (N-methyl/N-ethyl adjacent to an activating group) is 1. The maximum Gasteiger partial charge on any atom is 0.214 e.